The number of aromatic nitrogens is 5. The van der Waals surface area contributed by atoms with E-state index >= 15 is 0 Å². The Morgan fingerprint density at radius 1 is 1.17 bits per heavy atom. The highest BCUT2D eigenvalue weighted by molar-refractivity contribution is 5.35. The molecule has 192 valence electrons. The number of piperidine rings is 1. The zero-order valence-corrected chi connectivity index (χ0v) is 20.5. The lowest BCUT2D eigenvalue weighted by atomic mass is 9.98. The third-order valence-electron chi connectivity index (χ3n) is 6.81. The molecule has 2 N–H and O–H groups in total. The lowest BCUT2D eigenvalue weighted by molar-refractivity contribution is 0.219. The molecule has 2 aliphatic rings. The summed E-state index contributed by atoms with van der Waals surface area (Å²) in [6.45, 7) is 7.23. The molecule has 2 saturated heterocycles. The molecule has 2 unspecified atom stereocenters. The maximum absolute atomic E-state index is 13.7. The molecule has 36 heavy (non-hydrogen) atoms. The van der Waals surface area contributed by atoms with Crippen LogP contribution in [0.2, 0.25) is 0 Å². The predicted molar refractivity (Wildman–Crippen MR) is 131 cm³/mol. The van der Waals surface area contributed by atoms with Crippen molar-refractivity contribution in [3.63, 3.8) is 0 Å². The first-order valence-electron chi connectivity index (χ1n) is 12.3. The van der Waals surface area contributed by atoms with E-state index in [4.69, 9.17) is 15.0 Å². The summed E-state index contributed by atoms with van der Waals surface area (Å²) in [5.74, 6) is 2.00. The average molecular weight is 499 g/mol. The molecule has 5 rings (SSSR count). The fourth-order valence-corrected chi connectivity index (χ4v) is 4.65. The van der Waals surface area contributed by atoms with Gasteiger partial charge in [0.05, 0.1) is 25.0 Å². The van der Waals surface area contributed by atoms with Crippen LogP contribution in [0.5, 0.6) is 5.75 Å². The highest BCUT2D eigenvalue weighted by Crippen LogP contribution is 2.26. The number of ether oxygens (including phenoxy) is 1. The number of hydrogen-bond donors (Lipinski definition) is 1. The molecular weight excluding hydrogens is 467 g/mol. The highest BCUT2D eigenvalue weighted by Gasteiger charge is 2.33. The van der Waals surface area contributed by atoms with Gasteiger partial charge in [-0.1, -0.05) is 19.0 Å². The first-order valence-corrected chi connectivity index (χ1v) is 12.3. The van der Waals surface area contributed by atoms with Crippen molar-refractivity contribution in [1.29, 1.82) is 0 Å². The van der Waals surface area contributed by atoms with Gasteiger partial charge in [0.1, 0.15) is 5.82 Å². The monoisotopic (exact) mass is 498 g/mol. The first-order chi connectivity index (χ1) is 17.4. The van der Waals surface area contributed by atoms with Gasteiger partial charge >= 0.3 is 6.01 Å². The number of nitrogens with two attached hydrogens (primary N) is 1. The van der Waals surface area contributed by atoms with Gasteiger partial charge in [-0.15, -0.1) is 0 Å². The topological polar surface area (TPSA) is 128 Å². The average Bonchev–Trinajstić information content (AvgIpc) is 3.52. The second-order valence-corrected chi connectivity index (χ2v) is 9.78. The van der Waals surface area contributed by atoms with E-state index in [2.05, 4.69) is 25.0 Å². The van der Waals surface area contributed by atoms with Crippen LogP contribution < -0.4 is 25.8 Å². The standard InChI is InChI=1S/C24H31FN8O3/c1-15(2)22-29-24(36-30-22)31-7-5-16(6-8-31)14-35-18-9-27-23(28-10-18)32-12-19(26)20(13-32)33-11-17(25)3-4-21(33)34/h3-4,9-11,15-16,19-20H,5-8,12-14,26H2,1-2H3. The van der Waals surface area contributed by atoms with Crippen LogP contribution in [0.4, 0.5) is 16.4 Å². The Kier molecular flexibility index (Phi) is 6.86. The number of rotatable bonds is 7. The molecule has 0 aromatic carbocycles. The van der Waals surface area contributed by atoms with Crippen LogP contribution in [-0.4, -0.2) is 63.5 Å². The van der Waals surface area contributed by atoms with E-state index < -0.39 is 5.82 Å². The van der Waals surface area contributed by atoms with Crippen molar-refractivity contribution in [2.24, 2.45) is 11.7 Å². The van der Waals surface area contributed by atoms with Gasteiger partial charge in [0.2, 0.25) is 5.95 Å². The number of anilines is 2. The van der Waals surface area contributed by atoms with E-state index in [9.17, 15) is 9.18 Å². The number of hydrogen-bond acceptors (Lipinski definition) is 10. The molecule has 12 heteroatoms. The summed E-state index contributed by atoms with van der Waals surface area (Å²) >= 11 is 0. The second kappa shape index (κ2) is 10.2. The molecule has 0 spiro atoms. The van der Waals surface area contributed by atoms with Crippen molar-refractivity contribution >= 4 is 12.0 Å². The van der Waals surface area contributed by atoms with Crippen molar-refractivity contribution in [2.75, 3.05) is 42.6 Å². The maximum atomic E-state index is 13.7. The molecule has 0 saturated carbocycles. The van der Waals surface area contributed by atoms with Gasteiger partial charge in [-0.05, 0) is 24.8 Å². The van der Waals surface area contributed by atoms with Gasteiger partial charge in [0, 0.05) is 50.4 Å². The molecular formula is C24H31FN8O3. The summed E-state index contributed by atoms with van der Waals surface area (Å²) in [7, 11) is 0. The molecule has 0 amide bonds. The number of pyridine rings is 1. The van der Waals surface area contributed by atoms with Crippen LogP contribution in [0.25, 0.3) is 0 Å². The summed E-state index contributed by atoms with van der Waals surface area (Å²) in [6, 6.07) is 2.25. The summed E-state index contributed by atoms with van der Waals surface area (Å²) < 4.78 is 26.4. The first kappa shape index (κ1) is 24.2. The largest absolute Gasteiger partial charge is 0.490 e. The highest BCUT2D eigenvalue weighted by atomic mass is 19.1. The Hall–Kier alpha value is -3.54. The fourth-order valence-electron chi connectivity index (χ4n) is 4.65. The number of halogens is 1. The Labute approximate surface area is 208 Å². The van der Waals surface area contributed by atoms with E-state index in [1.807, 2.05) is 18.7 Å². The molecule has 0 bridgehead atoms. The minimum Gasteiger partial charge on any atom is -0.490 e. The molecule has 2 aliphatic heterocycles. The zero-order chi connectivity index (χ0) is 25.2. The Balaban J connectivity index is 1.12. The molecule has 3 aromatic rings. The molecule has 5 heterocycles. The van der Waals surface area contributed by atoms with Crippen molar-refractivity contribution < 1.29 is 13.7 Å². The van der Waals surface area contributed by atoms with Crippen LogP contribution >= 0.6 is 0 Å². The van der Waals surface area contributed by atoms with Gasteiger partial charge in [0.15, 0.2) is 11.6 Å². The molecule has 2 atom stereocenters. The fraction of sp³-hybridized carbons (Fsp3) is 0.542. The van der Waals surface area contributed by atoms with Crippen molar-refractivity contribution in [3.05, 3.63) is 52.7 Å². The summed E-state index contributed by atoms with van der Waals surface area (Å²) in [5.41, 5.74) is 5.97. The van der Waals surface area contributed by atoms with E-state index in [-0.39, 0.29) is 23.6 Å². The van der Waals surface area contributed by atoms with Crippen molar-refractivity contribution in [1.82, 2.24) is 24.7 Å². The van der Waals surface area contributed by atoms with E-state index in [1.165, 1.54) is 16.8 Å². The Morgan fingerprint density at radius 2 is 1.92 bits per heavy atom. The lowest BCUT2D eigenvalue weighted by Gasteiger charge is -2.30. The molecule has 0 aliphatic carbocycles. The Bertz CT molecular complexity index is 1220. The van der Waals surface area contributed by atoms with Crippen molar-refractivity contribution in [2.45, 2.75) is 44.7 Å². The normalized spacial score (nSPS) is 20.9. The van der Waals surface area contributed by atoms with Crippen LogP contribution in [0, 0.1) is 11.7 Å². The SMILES string of the molecule is CC(C)c1noc(N2CCC(COc3cnc(N4CC(N)C(n5cc(F)ccc5=O)C4)nc3)CC2)n1. The van der Waals surface area contributed by atoms with Crippen LogP contribution in [0.15, 0.2) is 40.0 Å². The molecule has 11 nitrogen and oxygen atoms in total. The van der Waals surface area contributed by atoms with E-state index in [0.717, 1.165) is 37.8 Å². The van der Waals surface area contributed by atoms with Crippen LogP contribution in [0.1, 0.15) is 44.5 Å². The van der Waals surface area contributed by atoms with E-state index in [0.29, 0.717) is 43.3 Å². The van der Waals surface area contributed by atoms with Crippen LogP contribution in [0.3, 0.4) is 0 Å². The minimum atomic E-state index is -0.474. The van der Waals surface area contributed by atoms with Gasteiger partial charge in [-0.2, -0.15) is 4.98 Å². The quantitative estimate of drug-likeness (QED) is 0.516. The van der Waals surface area contributed by atoms with E-state index in [1.54, 1.807) is 12.4 Å². The second-order valence-electron chi connectivity index (χ2n) is 9.78. The van der Waals surface area contributed by atoms with Gasteiger partial charge < -0.3 is 29.4 Å². The molecule has 2 fully saturated rings. The summed E-state index contributed by atoms with van der Waals surface area (Å²) in [6.07, 6.45) is 6.42. The van der Waals surface area contributed by atoms with Gasteiger partial charge in [-0.3, -0.25) is 4.79 Å². The smallest absolute Gasteiger partial charge is 0.324 e. The van der Waals surface area contributed by atoms with Gasteiger partial charge in [0.25, 0.3) is 5.56 Å². The molecule has 3 aromatic heterocycles. The van der Waals surface area contributed by atoms with Gasteiger partial charge in [-0.25, -0.2) is 14.4 Å². The predicted octanol–water partition coefficient (Wildman–Crippen LogP) is 1.97. The lowest BCUT2D eigenvalue weighted by Crippen LogP contribution is -2.36. The zero-order valence-electron chi connectivity index (χ0n) is 20.5. The van der Waals surface area contributed by atoms with Crippen molar-refractivity contribution in [3.8, 4) is 5.75 Å². The maximum Gasteiger partial charge on any atom is 0.324 e. The third kappa shape index (κ3) is 5.18. The summed E-state index contributed by atoms with van der Waals surface area (Å²) in [4.78, 5) is 29.5. The number of nitrogens with zero attached hydrogens (tertiary/aromatic N) is 7. The third-order valence-corrected chi connectivity index (χ3v) is 6.81. The Morgan fingerprint density at radius 3 is 2.61 bits per heavy atom. The van der Waals surface area contributed by atoms with Crippen LogP contribution in [-0.2, 0) is 0 Å². The molecule has 0 radical (unpaired) electrons. The summed E-state index contributed by atoms with van der Waals surface area (Å²) in [5, 5.41) is 4.05. The minimum absolute atomic E-state index is 0.240.